The number of methoxy groups -OCH3 is 1. The Kier molecular flexibility index (Phi) is 3.44. The molecule has 0 fully saturated rings. The summed E-state index contributed by atoms with van der Waals surface area (Å²) in [5, 5.41) is 0. The van der Waals surface area contributed by atoms with Gasteiger partial charge in [-0.15, -0.1) is 0 Å². The summed E-state index contributed by atoms with van der Waals surface area (Å²) in [5.74, 6) is 4.91. The zero-order chi connectivity index (χ0) is 13.0. The van der Waals surface area contributed by atoms with E-state index < -0.39 is 5.97 Å². The highest BCUT2D eigenvalue weighted by molar-refractivity contribution is 5.95. The minimum Gasteiger partial charge on any atom is -0.465 e. The molecule has 0 aliphatic heterocycles. The van der Waals surface area contributed by atoms with E-state index >= 15 is 0 Å². The number of nitrogens with zero attached hydrogens (tertiary/aromatic N) is 3. The second-order valence-electron chi connectivity index (χ2n) is 3.31. The molecule has 2 rings (SSSR count). The first-order chi connectivity index (χ1) is 8.76. The normalized spacial score (nSPS) is 9.89. The van der Waals surface area contributed by atoms with Crippen molar-refractivity contribution in [2.75, 3.05) is 12.5 Å². The van der Waals surface area contributed by atoms with E-state index in [-0.39, 0.29) is 11.5 Å². The highest BCUT2D eigenvalue weighted by Crippen LogP contribution is 2.20. The fourth-order valence-electron chi connectivity index (χ4n) is 1.41. The average Bonchev–Trinajstić information content (AvgIpc) is 2.46. The molecule has 0 aliphatic carbocycles. The molecule has 2 heterocycles. The predicted molar refractivity (Wildman–Crippen MR) is 64.4 cm³/mol. The fourth-order valence-corrected chi connectivity index (χ4v) is 1.41. The number of carbonyl (C=O) groups excluding carboxylic acids is 1. The van der Waals surface area contributed by atoms with Crippen molar-refractivity contribution < 1.29 is 9.53 Å². The lowest BCUT2D eigenvalue weighted by atomic mass is 10.1. The molecule has 0 amide bonds. The van der Waals surface area contributed by atoms with Crippen molar-refractivity contribution in [1.82, 2.24) is 15.0 Å². The Morgan fingerprint density at radius 2 is 2.22 bits per heavy atom. The monoisotopic (exact) mass is 245 g/mol. The molecule has 7 nitrogen and oxygen atoms in total. The van der Waals surface area contributed by atoms with E-state index in [2.05, 4.69) is 25.1 Å². The first-order valence-corrected chi connectivity index (χ1v) is 5.09. The summed E-state index contributed by atoms with van der Waals surface area (Å²) in [6.07, 6.45) is 2.95. The van der Waals surface area contributed by atoms with Gasteiger partial charge < -0.3 is 4.74 Å². The molecule has 92 valence electrons. The maximum absolute atomic E-state index is 11.6. The van der Waals surface area contributed by atoms with E-state index in [9.17, 15) is 4.79 Å². The van der Waals surface area contributed by atoms with Crippen LogP contribution in [0.3, 0.4) is 0 Å². The van der Waals surface area contributed by atoms with Gasteiger partial charge in [0.2, 0.25) is 5.95 Å². The van der Waals surface area contributed by atoms with Gasteiger partial charge in [0.05, 0.1) is 12.8 Å². The van der Waals surface area contributed by atoms with Crippen LogP contribution in [-0.2, 0) is 4.74 Å². The smallest absolute Gasteiger partial charge is 0.341 e. The first-order valence-electron chi connectivity index (χ1n) is 5.09. The van der Waals surface area contributed by atoms with Gasteiger partial charge in [-0.3, -0.25) is 10.4 Å². The van der Waals surface area contributed by atoms with Crippen LogP contribution in [0.4, 0.5) is 5.95 Å². The van der Waals surface area contributed by atoms with Crippen LogP contribution in [0.15, 0.2) is 30.6 Å². The third-order valence-corrected chi connectivity index (χ3v) is 2.23. The number of rotatable bonds is 3. The predicted octanol–water partition coefficient (Wildman–Crippen LogP) is 0.611. The zero-order valence-corrected chi connectivity index (χ0v) is 9.62. The summed E-state index contributed by atoms with van der Waals surface area (Å²) < 4.78 is 4.67. The molecule has 0 radical (unpaired) electrons. The molecule has 0 spiro atoms. The number of nitrogens with one attached hydrogen (secondary N) is 1. The van der Waals surface area contributed by atoms with E-state index in [1.165, 1.54) is 13.3 Å². The number of anilines is 1. The number of nitrogens with two attached hydrogens (primary N) is 1. The van der Waals surface area contributed by atoms with Gasteiger partial charge in [0.15, 0.2) is 0 Å². The van der Waals surface area contributed by atoms with E-state index in [1.807, 2.05) is 0 Å². The molecule has 0 aromatic carbocycles. The van der Waals surface area contributed by atoms with Gasteiger partial charge in [0.1, 0.15) is 11.3 Å². The number of esters is 1. The molecule has 18 heavy (non-hydrogen) atoms. The standard InChI is InChI=1S/C11H11N5O2/c1-18-10(17)7-6-14-11(16-12)15-9(7)8-4-2-3-5-13-8/h2-6H,12H2,1H3,(H,14,15,16). The average molecular weight is 245 g/mol. The number of aromatic nitrogens is 3. The first kappa shape index (κ1) is 11.9. The fraction of sp³-hybridized carbons (Fsp3) is 0.0909. The topological polar surface area (TPSA) is 103 Å². The van der Waals surface area contributed by atoms with Crippen molar-refractivity contribution in [3.05, 3.63) is 36.2 Å². The second-order valence-corrected chi connectivity index (χ2v) is 3.31. The number of hydrogen-bond acceptors (Lipinski definition) is 7. The molecule has 0 bridgehead atoms. The van der Waals surface area contributed by atoms with Crippen LogP contribution in [0, 0.1) is 0 Å². The number of ether oxygens (including phenoxy) is 1. The molecule has 0 atom stereocenters. The maximum Gasteiger partial charge on any atom is 0.341 e. The Bertz CT molecular complexity index is 559. The van der Waals surface area contributed by atoms with E-state index in [4.69, 9.17) is 5.84 Å². The lowest BCUT2D eigenvalue weighted by molar-refractivity contribution is 0.0600. The van der Waals surface area contributed by atoms with Crippen molar-refractivity contribution in [2.45, 2.75) is 0 Å². The van der Waals surface area contributed by atoms with Gasteiger partial charge in [-0.1, -0.05) is 6.07 Å². The second kappa shape index (κ2) is 5.19. The number of carbonyl (C=O) groups is 1. The van der Waals surface area contributed by atoms with Crippen molar-refractivity contribution in [3.63, 3.8) is 0 Å². The summed E-state index contributed by atoms with van der Waals surface area (Å²) in [6, 6.07) is 5.29. The summed E-state index contributed by atoms with van der Waals surface area (Å²) in [4.78, 5) is 23.8. The van der Waals surface area contributed by atoms with Crippen molar-refractivity contribution in [2.24, 2.45) is 5.84 Å². The van der Waals surface area contributed by atoms with E-state index in [0.717, 1.165) is 0 Å². The minimum atomic E-state index is -0.528. The van der Waals surface area contributed by atoms with Gasteiger partial charge in [-0.2, -0.15) is 0 Å². The summed E-state index contributed by atoms with van der Waals surface area (Å²) in [6.45, 7) is 0. The SMILES string of the molecule is COC(=O)c1cnc(NN)nc1-c1ccccn1. The van der Waals surface area contributed by atoms with Crippen molar-refractivity contribution in [1.29, 1.82) is 0 Å². The third kappa shape index (κ3) is 2.25. The Morgan fingerprint density at radius 3 is 2.83 bits per heavy atom. The van der Waals surface area contributed by atoms with Crippen LogP contribution in [0.2, 0.25) is 0 Å². The molecule has 0 saturated heterocycles. The molecule has 0 aliphatic rings. The Morgan fingerprint density at radius 1 is 1.39 bits per heavy atom. The number of pyridine rings is 1. The number of nitrogen functional groups attached to an aromatic ring is 1. The van der Waals surface area contributed by atoms with Gasteiger partial charge in [-0.25, -0.2) is 20.6 Å². The van der Waals surface area contributed by atoms with Crippen LogP contribution < -0.4 is 11.3 Å². The third-order valence-electron chi connectivity index (χ3n) is 2.23. The van der Waals surface area contributed by atoms with Crippen LogP contribution in [0.5, 0.6) is 0 Å². The number of hydrogen-bond donors (Lipinski definition) is 2. The lowest BCUT2D eigenvalue weighted by Crippen LogP contribution is -2.13. The van der Waals surface area contributed by atoms with Crippen LogP contribution in [-0.4, -0.2) is 28.0 Å². The van der Waals surface area contributed by atoms with E-state index in [0.29, 0.717) is 11.4 Å². The number of hydrazine groups is 1. The maximum atomic E-state index is 11.6. The Hall–Kier alpha value is -2.54. The highest BCUT2D eigenvalue weighted by Gasteiger charge is 2.17. The molecule has 0 saturated carbocycles. The molecule has 3 N–H and O–H groups in total. The van der Waals surface area contributed by atoms with Crippen molar-refractivity contribution in [3.8, 4) is 11.4 Å². The highest BCUT2D eigenvalue weighted by atomic mass is 16.5. The lowest BCUT2D eigenvalue weighted by Gasteiger charge is -2.07. The molecule has 7 heteroatoms. The quantitative estimate of drug-likeness (QED) is 0.464. The zero-order valence-electron chi connectivity index (χ0n) is 9.62. The van der Waals surface area contributed by atoms with E-state index in [1.54, 1.807) is 24.4 Å². The van der Waals surface area contributed by atoms with Gasteiger partial charge in [0.25, 0.3) is 0 Å². The molecule has 2 aromatic rings. The summed E-state index contributed by atoms with van der Waals surface area (Å²) in [5.41, 5.74) is 3.46. The van der Waals surface area contributed by atoms with Crippen molar-refractivity contribution >= 4 is 11.9 Å². The van der Waals surface area contributed by atoms with Gasteiger partial charge in [-0.05, 0) is 12.1 Å². The van der Waals surface area contributed by atoms with Gasteiger partial charge in [0, 0.05) is 12.4 Å². The molecule has 0 unspecified atom stereocenters. The van der Waals surface area contributed by atoms with Crippen LogP contribution in [0.25, 0.3) is 11.4 Å². The Balaban J connectivity index is 2.58. The summed E-state index contributed by atoms with van der Waals surface area (Å²) in [7, 11) is 1.29. The molecule has 2 aromatic heterocycles. The summed E-state index contributed by atoms with van der Waals surface area (Å²) >= 11 is 0. The van der Waals surface area contributed by atoms with Gasteiger partial charge >= 0.3 is 5.97 Å². The van der Waals surface area contributed by atoms with Crippen LogP contribution >= 0.6 is 0 Å². The minimum absolute atomic E-state index is 0.198. The molecular formula is C11H11N5O2. The Labute approximate surface area is 103 Å². The van der Waals surface area contributed by atoms with Crippen LogP contribution in [0.1, 0.15) is 10.4 Å². The largest absolute Gasteiger partial charge is 0.465 e. The molecular weight excluding hydrogens is 234 g/mol.